The highest BCUT2D eigenvalue weighted by Crippen LogP contribution is 2.37. The lowest BCUT2D eigenvalue weighted by Crippen LogP contribution is -2.61. The van der Waals surface area contributed by atoms with Crippen molar-refractivity contribution in [3.63, 3.8) is 0 Å². The number of halogens is 6. The van der Waals surface area contributed by atoms with E-state index in [9.17, 15) is 47.1 Å². The van der Waals surface area contributed by atoms with Gasteiger partial charge in [0.05, 0.1) is 31.0 Å². The second kappa shape index (κ2) is 47.0. The molecule has 0 saturated carbocycles. The van der Waals surface area contributed by atoms with Crippen molar-refractivity contribution in [1.29, 1.82) is 0 Å². The molecular weight excluding hydrogens is 1750 g/mol. The van der Waals surface area contributed by atoms with Crippen LogP contribution in [-0.4, -0.2) is 213 Å². The van der Waals surface area contributed by atoms with Gasteiger partial charge < -0.3 is 72.4 Å². The molecule has 4 aliphatic carbocycles. The van der Waals surface area contributed by atoms with Crippen molar-refractivity contribution >= 4 is 119 Å². The largest absolute Gasteiger partial charge is 0.371 e. The predicted molar refractivity (Wildman–Crippen MR) is 513 cm³/mol. The summed E-state index contributed by atoms with van der Waals surface area (Å²) in [5, 5.41) is 14.9. The summed E-state index contributed by atoms with van der Waals surface area (Å²) in [6.07, 6.45) is 35.7. The maximum atomic E-state index is 13.5. The van der Waals surface area contributed by atoms with Crippen molar-refractivity contribution in [2.24, 2.45) is 17.2 Å². The molecule has 1 aromatic heterocycles. The Hall–Kier alpha value is -9.35. The first-order chi connectivity index (χ1) is 63.4. The number of likely N-dealkylation sites (tertiary alicyclic amines) is 6. The van der Waals surface area contributed by atoms with Gasteiger partial charge >= 0.3 is 0 Å². The number of rotatable bonds is 36. The van der Waals surface area contributed by atoms with Gasteiger partial charge in [-0.1, -0.05) is 157 Å². The number of nitrogens with one attached hydrogen (secondary N) is 4. The number of amides is 8. The van der Waals surface area contributed by atoms with Crippen LogP contribution in [0.25, 0.3) is 20.1 Å². The molecule has 0 bridgehead atoms. The summed E-state index contributed by atoms with van der Waals surface area (Å²) in [6, 6.07) is 29.5. The molecular formula is C101H128Cl4F2N16O8. The number of allylic oxidation sites excluding steroid dienone is 4. The van der Waals surface area contributed by atoms with Crippen LogP contribution in [0.5, 0.6) is 0 Å². The summed E-state index contributed by atoms with van der Waals surface area (Å²) < 4.78 is 29.0. The van der Waals surface area contributed by atoms with Crippen LogP contribution in [-0.2, 0) is 103 Å². The SMILES string of the molecule is N[C@H](CCCCN1CCCC(F)(F)C1)C(=O)N1CC[C@H]1C(=O)NCc1ccc2c(c1)C(Cl)=CC2.N[C@H](CCCCN1CCc2ccccc21)C(=O)N1CC[C@H]1C(=O)NCc1ccc2c(c1)C(Cl)=CC2.N[C@H](CCCCn1ccnc1)C(=O)N1CC[C@H]1C(=O)NCc1ccc2c(c1)C(Cl)=CC2.O=C(NCc1ccc2c(c1)C(Cl)=CC2)[C@@H]1CCN1C(=O)CCCCCN1CCCCC1. The molecule has 0 radical (unpaired) electrons. The fraction of sp³-hybridized carbons (Fsp3) is 0.515. The standard InChI is InChI=1S/C28H33ClN4O2.C25H33ClF2N4O2.C25H34ClN3O2.C23H28ClN5O2/c29-23-11-10-20-9-8-19(17-22(20)23)18-31-27(34)26-13-16-33(26)28(35)24(30)6-3-4-14-32-15-12-21-5-1-2-7-25(21)32;26-20-8-7-18-6-5-17(14-19(18)20)15-30-23(33)22-9-13-32(22)24(34)21(29)4-1-2-11-31-12-3-10-25(27,28)16-31;26-22-11-10-20-9-8-19(17-21(20)22)18-27-25(31)23-12-16-29(23)24(30)7-3-1-4-13-28-14-5-2-6-15-28;24-19-7-6-17-5-4-16(13-18(17)19)14-27-22(30)21-8-11-29(21)23(31)20(25)3-1-2-10-28-12-9-26-15-28/h1-2,5,7-9,11,17,24,26H,3-4,6,10,12-16,18,30H2,(H,31,34);5-6,8,14,21-22H,1-4,7,9-13,15-16,29H2,(H,30,33);8-9,11,17,23H,1-7,10,12-16,18H2,(H,27,31);4-5,7,9,12-13,15,20-21H,1-3,6,8,10-11,14,25H2,(H,27,30)/t24-,26+;21-,22+;23-;20-,21+/m1101/s1. The molecule has 6 aromatic rings. The number of aromatic nitrogens is 2. The molecule has 7 atom stereocenters. The number of alkyl halides is 2. The van der Waals surface area contributed by atoms with E-state index in [-0.39, 0.29) is 66.3 Å². The molecule has 702 valence electrons. The summed E-state index contributed by atoms with van der Waals surface area (Å²) in [5.74, 6) is -3.42. The number of carbonyl (C=O) groups excluding carboxylic acids is 8. The second-order valence-electron chi connectivity index (χ2n) is 36.7. The number of aryl methyl sites for hydroxylation is 1. The van der Waals surface area contributed by atoms with Crippen molar-refractivity contribution in [2.45, 2.75) is 254 Å². The van der Waals surface area contributed by atoms with Crippen LogP contribution in [0.4, 0.5) is 14.5 Å². The van der Waals surface area contributed by atoms with Gasteiger partial charge in [-0.15, -0.1) is 0 Å². The smallest absolute Gasteiger partial charge is 0.260 e. The maximum Gasteiger partial charge on any atom is 0.260 e. The summed E-state index contributed by atoms with van der Waals surface area (Å²) in [5.41, 5.74) is 34.2. The third-order valence-corrected chi connectivity index (χ3v) is 28.9. The van der Waals surface area contributed by atoms with E-state index in [0.29, 0.717) is 123 Å². The summed E-state index contributed by atoms with van der Waals surface area (Å²) in [4.78, 5) is 119. The highest BCUT2D eigenvalue weighted by Gasteiger charge is 2.43. The zero-order chi connectivity index (χ0) is 92.1. The molecule has 8 amide bonds. The van der Waals surface area contributed by atoms with Crippen LogP contribution >= 0.6 is 46.4 Å². The lowest BCUT2D eigenvalue weighted by atomic mass is 9.98. The normalized spacial score (nSPS) is 20.1. The number of hydrogen-bond acceptors (Lipinski definition) is 15. The molecule has 10 N–H and O–H groups in total. The Labute approximate surface area is 789 Å². The zero-order valence-electron chi connectivity index (χ0n) is 75.2. The molecule has 0 spiro atoms. The fourth-order valence-corrected chi connectivity index (χ4v) is 20.2. The number of benzene rings is 5. The predicted octanol–water partition coefficient (Wildman–Crippen LogP) is 13.4. The number of carbonyl (C=O) groups is 8. The number of unbranched alkanes of at least 4 members (excludes halogenated alkanes) is 5. The van der Waals surface area contributed by atoms with Gasteiger partial charge in [-0.05, 0) is 277 Å². The van der Waals surface area contributed by atoms with Gasteiger partial charge in [-0.25, -0.2) is 13.8 Å². The van der Waals surface area contributed by atoms with E-state index in [4.69, 9.17) is 63.6 Å². The molecule has 7 aliphatic heterocycles. The Bertz CT molecular complexity index is 5160. The molecule has 6 saturated heterocycles. The Morgan fingerprint density at radius 2 is 0.809 bits per heavy atom. The van der Waals surface area contributed by atoms with E-state index < -0.39 is 42.2 Å². The number of hydrogen-bond donors (Lipinski definition) is 7. The number of anilines is 1. The molecule has 8 heterocycles. The summed E-state index contributed by atoms with van der Waals surface area (Å²) >= 11 is 25.0. The van der Waals surface area contributed by atoms with Gasteiger partial charge in [0.2, 0.25) is 47.3 Å². The second-order valence-corrected chi connectivity index (χ2v) is 38.3. The Morgan fingerprint density at radius 3 is 1.21 bits per heavy atom. The minimum atomic E-state index is -2.59. The van der Waals surface area contributed by atoms with E-state index in [1.807, 2.05) is 89.7 Å². The van der Waals surface area contributed by atoms with Crippen LogP contribution in [0.15, 0.2) is 140 Å². The van der Waals surface area contributed by atoms with Crippen molar-refractivity contribution in [1.82, 2.24) is 60.2 Å². The molecule has 11 aliphatic rings. The number of piperidine rings is 2. The topological polar surface area (TPSA) is 303 Å². The molecule has 24 nitrogen and oxygen atoms in total. The molecule has 30 heteroatoms. The van der Waals surface area contributed by atoms with Crippen LogP contribution < -0.4 is 43.4 Å². The molecule has 0 unspecified atom stereocenters. The fourth-order valence-electron chi connectivity index (χ4n) is 19.2. The van der Waals surface area contributed by atoms with Crippen LogP contribution in [0.2, 0.25) is 0 Å². The summed E-state index contributed by atoms with van der Waals surface area (Å²) in [6.45, 7) is 11.7. The Morgan fingerprint density at radius 1 is 0.420 bits per heavy atom. The maximum absolute atomic E-state index is 13.5. The lowest BCUT2D eigenvalue weighted by Gasteiger charge is -2.41. The van der Waals surface area contributed by atoms with E-state index in [1.165, 1.54) is 65.9 Å². The van der Waals surface area contributed by atoms with Crippen molar-refractivity contribution in [2.75, 3.05) is 83.4 Å². The quantitative estimate of drug-likeness (QED) is 0.0180. The average molecular weight is 1870 g/mol. The van der Waals surface area contributed by atoms with Gasteiger partial charge in [0.1, 0.15) is 24.2 Å². The van der Waals surface area contributed by atoms with Crippen LogP contribution in [0.3, 0.4) is 0 Å². The van der Waals surface area contributed by atoms with E-state index in [0.717, 1.165) is 181 Å². The van der Waals surface area contributed by atoms with Crippen LogP contribution in [0, 0.1) is 0 Å². The van der Waals surface area contributed by atoms with Gasteiger partial charge in [0.25, 0.3) is 5.92 Å². The number of nitrogens with zero attached hydrogens (tertiary/aromatic N) is 9. The first kappa shape index (κ1) is 97.7. The Kier molecular flexibility index (Phi) is 35.1. The third-order valence-electron chi connectivity index (χ3n) is 27.5. The number of imidazole rings is 1. The minimum absolute atomic E-state index is 0.0353. The highest BCUT2D eigenvalue weighted by molar-refractivity contribution is 6.50. The minimum Gasteiger partial charge on any atom is -0.371 e. The van der Waals surface area contributed by atoms with Crippen molar-refractivity contribution in [3.05, 3.63) is 212 Å². The first-order valence-corrected chi connectivity index (χ1v) is 49.0. The van der Waals surface area contributed by atoms with E-state index in [1.54, 1.807) is 37.0 Å². The van der Waals surface area contributed by atoms with Gasteiger partial charge in [-0.2, -0.15) is 0 Å². The van der Waals surface area contributed by atoms with Crippen LogP contribution in [0.1, 0.15) is 214 Å². The number of para-hydroxylation sites is 1. The van der Waals surface area contributed by atoms with Gasteiger partial charge in [0.15, 0.2) is 0 Å². The zero-order valence-corrected chi connectivity index (χ0v) is 78.2. The molecule has 131 heavy (non-hydrogen) atoms. The Balaban J connectivity index is 0.000000141. The lowest BCUT2D eigenvalue weighted by molar-refractivity contribution is -0.148. The van der Waals surface area contributed by atoms with Gasteiger partial charge in [0, 0.05) is 123 Å². The average Bonchev–Trinajstić information content (AvgIpc) is 1.78. The monoisotopic (exact) mass is 1870 g/mol. The highest BCUT2D eigenvalue weighted by atomic mass is 35.5. The summed E-state index contributed by atoms with van der Waals surface area (Å²) in [7, 11) is 0. The molecule has 6 fully saturated rings. The molecule has 17 rings (SSSR count). The van der Waals surface area contributed by atoms with E-state index >= 15 is 0 Å². The number of fused-ring (bicyclic) bond motifs is 5. The first-order valence-electron chi connectivity index (χ1n) is 47.5. The van der Waals surface area contributed by atoms with Crippen molar-refractivity contribution < 1.29 is 47.1 Å². The van der Waals surface area contributed by atoms with E-state index in [2.05, 4.69) is 78.5 Å². The van der Waals surface area contributed by atoms with Crippen molar-refractivity contribution in [3.8, 4) is 0 Å². The third kappa shape index (κ3) is 26.2. The van der Waals surface area contributed by atoms with Gasteiger partial charge in [-0.3, -0.25) is 43.3 Å². The number of nitrogens with two attached hydrogens (primary N) is 3. The molecule has 5 aromatic carbocycles.